The highest BCUT2D eigenvalue weighted by molar-refractivity contribution is 5.86. The van der Waals surface area contributed by atoms with Gasteiger partial charge < -0.3 is 19.4 Å². The SMILES string of the molecule is CC1(Oc2cc(C(=O)[O-])ccc2OC(F)(F)F)C=CCC1. The lowest BCUT2D eigenvalue weighted by Gasteiger charge is -2.26. The zero-order valence-corrected chi connectivity index (χ0v) is 11.1. The summed E-state index contributed by atoms with van der Waals surface area (Å²) in [4.78, 5) is 10.8. The first-order valence-corrected chi connectivity index (χ1v) is 6.16. The fourth-order valence-electron chi connectivity index (χ4n) is 2.05. The largest absolute Gasteiger partial charge is 0.573 e. The third kappa shape index (κ3) is 3.90. The lowest BCUT2D eigenvalue weighted by Crippen LogP contribution is -2.28. The normalized spacial score (nSPS) is 21.3. The molecule has 0 fully saturated rings. The Kier molecular flexibility index (Phi) is 3.85. The Hall–Kier alpha value is -2.18. The molecule has 1 atom stereocenters. The van der Waals surface area contributed by atoms with Gasteiger partial charge in [0.15, 0.2) is 11.5 Å². The van der Waals surface area contributed by atoms with E-state index < -0.39 is 23.7 Å². The molecule has 1 aromatic carbocycles. The van der Waals surface area contributed by atoms with E-state index in [1.54, 1.807) is 13.0 Å². The fourth-order valence-corrected chi connectivity index (χ4v) is 2.05. The van der Waals surface area contributed by atoms with Gasteiger partial charge in [0.25, 0.3) is 0 Å². The highest BCUT2D eigenvalue weighted by Gasteiger charge is 2.34. The quantitative estimate of drug-likeness (QED) is 0.801. The summed E-state index contributed by atoms with van der Waals surface area (Å²) in [5.74, 6) is -2.39. The number of halogens is 3. The molecule has 21 heavy (non-hydrogen) atoms. The number of hydrogen-bond donors (Lipinski definition) is 0. The maximum atomic E-state index is 12.4. The molecular formula is C14H12F3O4-. The van der Waals surface area contributed by atoms with Crippen molar-refractivity contribution >= 4 is 5.97 Å². The van der Waals surface area contributed by atoms with Crippen molar-refractivity contribution in [2.45, 2.75) is 31.7 Å². The van der Waals surface area contributed by atoms with Crippen molar-refractivity contribution in [2.24, 2.45) is 0 Å². The van der Waals surface area contributed by atoms with E-state index in [0.29, 0.717) is 6.42 Å². The number of carbonyl (C=O) groups is 1. The van der Waals surface area contributed by atoms with E-state index in [1.807, 2.05) is 6.08 Å². The van der Waals surface area contributed by atoms with Crippen molar-refractivity contribution in [3.8, 4) is 11.5 Å². The fraction of sp³-hybridized carbons (Fsp3) is 0.357. The number of ether oxygens (including phenoxy) is 2. The molecule has 4 nitrogen and oxygen atoms in total. The Bertz CT molecular complexity index is 580. The molecule has 1 unspecified atom stereocenters. The number of carboxylic acids is 1. The molecule has 0 aromatic heterocycles. The van der Waals surface area contributed by atoms with Crippen molar-refractivity contribution in [1.82, 2.24) is 0 Å². The monoisotopic (exact) mass is 301 g/mol. The minimum absolute atomic E-state index is 0.287. The maximum absolute atomic E-state index is 12.4. The molecule has 2 rings (SSSR count). The number of rotatable bonds is 4. The summed E-state index contributed by atoms with van der Waals surface area (Å²) in [5.41, 5.74) is -1.08. The first-order chi connectivity index (χ1) is 9.69. The molecule has 0 heterocycles. The number of allylic oxidation sites excluding steroid dienone is 1. The summed E-state index contributed by atoms with van der Waals surface area (Å²) in [6, 6.07) is 2.83. The predicted molar refractivity (Wildman–Crippen MR) is 64.9 cm³/mol. The Labute approximate surface area is 118 Å². The van der Waals surface area contributed by atoms with E-state index in [1.165, 1.54) is 0 Å². The van der Waals surface area contributed by atoms with Crippen LogP contribution >= 0.6 is 0 Å². The second kappa shape index (κ2) is 5.31. The van der Waals surface area contributed by atoms with E-state index >= 15 is 0 Å². The van der Waals surface area contributed by atoms with Gasteiger partial charge in [-0.2, -0.15) is 0 Å². The molecule has 1 aliphatic carbocycles. The van der Waals surface area contributed by atoms with Crippen molar-refractivity contribution < 1.29 is 32.5 Å². The van der Waals surface area contributed by atoms with Gasteiger partial charge in [-0.1, -0.05) is 6.08 Å². The van der Waals surface area contributed by atoms with Gasteiger partial charge in [-0.15, -0.1) is 13.2 Å². The van der Waals surface area contributed by atoms with E-state index in [9.17, 15) is 23.1 Å². The van der Waals surface area contributed by atoms with Crippen molar-refractivity contribution in [3.63, 3.8) is 0 Å². The third-order valence-electron chi connectivity index (χ3n) is 3.03. The molecule has 114 valence electrons. The predicted octanol–water partition coefficient (Wildman–Crippen LogP) is 2.44. The number of benzene rings is 1. The van der Waals surface area contributed by atoms with Crippen LogP contribution in [-0.2, 0) is 0 Å². The van der Waals surface area contributed by atoms with Crippen LogP contribution < -0.4 is 14.6 Å². The number of carbonyl (C=O) groups excluding carboxylic acids is 1. The van der Waals surface area contributed by atoms with Gasteiger partial charge in [-0.25, -0.2) is 0 Å². The van der Waals surface area contributed by atoms with Gasteiger partial charge in [0, 0.05) is 5.56 Å². The smallest absolute Gasteiger partial charge is 0.545 e. The highest BCUT2D eigenvalue weighted by Crippen LogP contribution is 2.37. The van der Waals surface area contributed by atoms with Gasteiger partial charge in [-0.3, -0.25) is 0 Å². The summed E-state index contributed by atoms with van der Waals surface area (Å²) >= 11 is 0. The summed E-state index contributed by atoms with van der Waals surface area (Å²) < 4.78 is 46.5. The van der Waals surface area contributed by atoms with Crippen LogP contribution in [0.1, 0.15) is 30.1 Å². The van der Waals surface area contributed by atoms with E-state index in [0.717, 1.165) is 24.6 Å². The van der Waals surface area contributed by atoms with Crippen molar-refractivity contribution in [2.75, 3.05) is 0 Å². The first kappa shape index (κ1) is 15.2. The van der Waals surface area contributed by atoms with Gasteiger partial charge >= 0.3 is 6.36 Å². The molecular weight excluding hydrogens is 289 g/mol. The minimum Gasteiger partial charge on any atom is -0.545 e. The number of alkyl halides is 3. The summed E-state index contributed by atoms with van der Waals surface area (Å²) in [5, 5.41) is 10.8. The molecule has 0 aliphatic heterocycles. The van der Waals surface area contributed by atoms with Gasteiger partial charge in [-0.05, 0) is 44.0 Å². The van der Waals surface area contributed by atoms with Gasteiger partial charge in [0.2, 0.25) is 0 Å². The number of hydrogen-bond acceptors (Lipinski definition) is 4. The van der Waals surface area contributed by atoms with Crippen LogP contribution in [-0.4, -0.2) is 17.9 Å². The van der Waals surface area contributed by atoms with Crippen molar-refractivity contribution in [3.05, 3.63) is 35.9 Å². The highest BCUT2D eigenvalue weighted by atomic mass is 19.4. The van der Waals surface area contributed by atoms with Gasteiger partial charge in [0.05, 0.1) is 5.97 Å². The molecule has 1 aliphatic rings. The van der Waals surface area contributed by atoms with Crippen LogP contribution in [0.2, 0.25) is 0 Å². The average molecular weight is 301 g/mol. The van der Waals surface area contributed by atoms with E-state index in [-0.39, 0.29) is 11.3 Å². The molecule has 7 heteroatoms. The Morgan fingerprint density at radius 3 is 2.57 bits per heavy atom. The van der Waals surface area contributed by atoms with Crippen LogP contribution in [0.3, 0.4) is 0 Å². The van der Waals surface area contributed by atoms with Crippen molar-refractivity contribution in [1.29, 1.82) is 0 Å². The minimum atomic E-state index is -4.90. The van der Waals surface area contributed by atoms with Crippen LogP contribution in [0.5, 0.6) is 11.5 Å². The Morgan fingerprint density at radius 2 is 2.05 bits per heavy atom. The molecule has 0 spiro atoms. The zero-order valence-electron chi connectivity index (χ0n) is 11.1. The van der Waals surface area contributed by atoms with Gasteiger partial charge in [0.1, 0.15) is 5.60 Å². The molecule has 0 amide bonds. The third-order valence-corrected chi connectivity index (χ3v) is 3.03. The lowest BCUT2D eigenvalue weighted by atomic mass is 10.1. The number of aromatic carboxylic acids is 1. The van der Waals surface area contributed by atoms with Crippen LogP contribution in [0.4, 0.5) is 13.2 Å². The second-order valence-electron chi connectivity index (χ2n) is 4.85. The van der Waals surface area contributed by atoms with E-state index in [4.69, 9.17) is 4.74 Å². The summed E-state index contributed by atoms with van der Waals surface area (Å²) in [6.07, 6.45) is -0.0311. The molecule has 0 radical (unpaired) electrons. The summed E-state index contributed by atoms with van der Waals surface area (Å²) in [7, 11) is 0. The number of carboxylic acid groups (broad SMARTS) is 1. The lowest BCUT2D eigenvalue weighted by molar-refractivity contribution is -0.275. The van der Waals surface area contributed by atoms with Crippen LogP contribution in [0.25, 0.3) is 0 Å². The first-order valence-electron chi connectivity index (χ1n) is 6.16. The average Bonchev–Trinajstić information content (AvgIpc) is 2.76. The Balaban J connectivity index is 2.36. The zero-order chi connectivity index (χ0) is 15.7. The van der Waals surface area contributed by atoms with Crippen LogP contribution in [0, 0.1) is 0 Å². The standard InChI is InChI=1S/C14H13F3O4/c1-13(6-2-3-7-13)20-11-8-9(12(18)19)4-5-10(11)21-14(15,16)17/h2,4-6,8H,3,7H2,1H3,(H,18,19)/p-1. The van der Waals surface area contributed by atoms with Crippen LogP contribution in [0.15, 0.2) is 30.4 Å². The topological polar surface area (TPSA) is 58.6 Å². The molecule has 0 saturated heterocycles. The molecule has 0 saturated carbocycles. The molecule has 1 aromatic rings. The molecule has 0 bridgehead atoms. The molecule has 0 N–H and O–H groups in total. The Morgan fingerprint density at radius 1 is 1.33 bits per heavy atom. The summed E-state index contributed by atoms with van der Waals surface area (Å²) in [6.45, 7) is 1.69. The second-order valence-corrected chi connectivity index (χ2v) is 4.85. The van der Waals surface area contributed by atoms with E-state index in [2.05, 4.69) is 4.74 Å². The maximum Gasteiger partial charge on any atom is 0.573 e.